The lowest BCUT2D eigenvalue weighted by atomic mass is 10.3. The van der Waals surface area contributed by atoms with Crippen LogP contribution in [0.3, 0.4) is 0 Å². The zero-order valence-corrected chi connectivity index (χ0v) is 14.4. The van der Waals surface area contributed by atoms with Crippen LogP contribution >= 0.6 is 45.2 Å². The number of halogens is 2. The lowest BCUT2D eigenvalue weighted by Crippen LogP contribution is -1.87. The molecule has 0 atom stereocenters. The Hall–Kier alpha value is -0.830. The summed E-state index contributed by atoms with van der Waals surface area (Å²) in [6, 6.07) is 12.9. The summed E-state index contributed by atoms with van der Waals surface area (Å²) in [6.07, 6.45) is 0. The fourth-order valence-electron chi connectivity index (χ4n) is 2.57. The molecule has 19 heavy (non-hydrogen) atoms. The Bertz CT molecular complexity index is 950. The average Bonchev–Trinajstić information content (AvgIpc) is 2.87. The third kappa shape index (κ3) is 1.63. The Morgan fingerprint density at radius 2 is 1.58 bits per heavy atom. The van der Waals surface area contributed by atoms with E-state index in [0.717, 1.165) is 11.3 Å². The number of nitrogens with zero attached hydrogens (tertiary/aromatic N) is 3. The molecule has 0 saturated carbocycles. The fourth-order valence-corrected chi connectivity index (χ4v) is 3.51. The van der Waals surface area contributed by atoms with Crippen molar-refractivity contribution in [3.8, 4) is 0 Å². The van der Waals surface area contributed by atoms with Crippen molar-refractivity contribution in [2.24, 2.45) is 7.05 Å². The third-order valence-corrected chi connectivity index (χ3v) is 4.78. The quantitative estimate of drug-likeness (QED) is 0.352. The largest absolute Gasteiger partial charge is 0.313 e. The molecule has 4 aromatic rings. The summed E-state index contributed by atoms with van der Waals surface area (Å²) in [7, 11) is 2.07. The minimum Gasteiger partial charge on any atom is -0.313 e. The number of fused-ring (bicyclic) bond motifs is 5. The van der Waals surface area contributed by atoms with E-state index in [1.54, 1.807) is 0 Å². The molecule has 4 rings (SSSR count). The van der Waals surface area contributed by atoms with Crippen molar-refractivity contribution in [3.05, 3.63) is 43.5 Å². The van der Waals surface area contributed by atoms with Gasteiger partial charge in [-0.2, -0.15) is 0 Å². The highest BCUT2D eigenvalue weighted by molar-refractivity contribution is 14.1. The SMILES string of the molecule is Cn1c2ccc(I)cc2n2c3cc(I)ccc3nc12. The predicted octanol–water partition coefficient (Wildman–Crippen LogP) is 4.19. The molecule has 0 radical (unpaired) electrons. The van der Waals surface area contributed by atoms with Gasteiger partial charge >= 0.3 is 0 Å². The van der Waals surface area contributed by atoms with Gasteiger partial charge in [-0.3, -0.25) is 4.40 Å². The molecule has 2 aromatic carbocycles. The first-order valence-electron chi connectivity index (χ1n) is 5.87. The summed E-state index contributed by atoms with van der Waals surface area (Å²) in [6.45, 7) is 0. The van der Waals surface area contributed by atoms with Crippen LogP contribution in [0.5, 0.6) is 0 Å². The standard InChI is InChI=1S/C14H9I2N3/c1-18-11-5-3-9(16)7-13(11)19-12-6-8(15)2-4-10(12)17-14(18)19/h2-7H,1H3. The van der Waals surface area contributed by atoms with E-state index in [-0.39, 0.29) is 0 Å². The molecule has 0 amide bonds. The smallest absolute Gasteiger partial charge is 0.215 e. The van der Waals surface area contributed by atoms with Crippen molar-refractivity contribution in [2.75, 3.05) is 0 Å². The van der Waals surface area contributed by atoms with Crippen LogP contribution in [-0.4, -0.2) is 14.0 Å². The van der Waals surface area contributed by atoms with Crippen molar-refractivity contribution in [1.82, 2.24) is 14.0 Å². The maximum absolute atomic E-state index is 4.74. The zero-order chi connectivity index (χ0) is 13.1. The van der Waals surface area contributed by atoms with Gasteiger partial charge in [-0.15, -0.1) is 0 Å². The van der Waals surface area contributed by atoms with Gasteiger partial charge in [0.15, 0.2) is 0 Å². The molecule has 94 valence electrons. The highest BCUT2D eigenvalue weighted by Crippen LogP contribution is 2.27. The van der Waals surface area contributed by atoms with Gasteiger partial charge in [0.25, 0.3) is 0 Å². The van der Waals surface area contributed by atoms with Crippen LogP contribution < -0.4 is 0 Å². The second-order valence-corrected chi connectivity index (χ2v) is 7.06. The van der Waals surface area contributed by atoms with Crippen molar-refractivity contribution >= 4 is 73.0 Å². The Balaban J connectivity index is 2.34. The van der Waals surface area contributed by atoms with E-state index in [1.165, 1.54) is 23.7 Å². The molecule has 0 saturated heterocycles. The molecule has 3 nitrogen and oxygen atoms in total. The Morgan fingerprint density at radius 1 is 0.895 bits per heavy atom. The van der Waals surface area contributed by atoms with Crippen LogP contribution in [0.25, 0.3) is 27.8 Å². The molecule has 0 N–H and O–H groups in total. The van der Waals surface area contributed by atoms with Crippen LogP contribution in [0.1, 0.15) is 0 Å². The number of imidazole rings is 2. The van der Waals surface area contributed by atoms with E-state index < -0.39 is 0 Å². The predicted molar refractivity (Wildman–Crippen MR) is 94.6 cm³/mol. The van der Waals surface area contributed by atoms with Crippen LogP contribution in [0.4, 0.5) is 0 Å². The van der Waals surface area contributed by atoms with Crippen molar-refractivity contribution in [2.45, 2.75) is 0 Å². The van der Waals surface area contributed by atoms with E-state index in [1.807, 2.05) is 0 Å². The number of benzene rings is 2. The molecule has 0 spiro atoms. The van der Waals surface area contributed by atoms with E-state index in [4.69, 9.17) is 4.98 Å². The number of aromatic nitrogens is 3. The molecule has 0 aliphatic heterocycles. The van der Waals surface area contributed by atoms with Gasteiger partial charge in [-0.1, -0.05) is 0 Å². The number of hydrogen-bond acceptors (Lipinski definition) is 1. The monoisotopic (exact) mass is 473 g/mol. The van der Waals surface area contributed by atoms with Crippen molar-refractivity contribution in [3.63, 3.8) is 0 Å². The molecule has 0 bridgehead atoms. The van der Waals surface area contributed by atoms with Crippen LogP contribution in [0.2, 0.25) is 0 Å². The molecule has 5 heteroatoms. The minimum atomic E-state index is 0.994. The Kier molecular flexibility index (Phi) is 2.57. The first kappa shape index (κ1) is 12.0. The molecule has 2 aromatic heterocycles. The Labute approximate surface area is 136 Å². The minimum absolute atomic E-state index is 0.994. The summed E-state index contributed by atoms with van der Waals surface area (Å²) < 4.78 is 6.87. The van der Waals surface area contributed by atoms with E-state index in [2.05, 4.69) is 97.6 Å². The van der Waals surface area contributed by atoms with Gasteiger partial charge in [0.1, 0.15) is 0 Å². The average molecular weight is 473 g/mol. The van der Waals surface area contributed by atoms with Gasteiger partial charge in [0.05, 0.1) is 22.1 Å². The van der Waals surface area contributed by atoms with Crippen LogP contribution in [0, 0.1) is 7.14 Å². The number of hydrogen-bond donors (Lipinski definition) is 0. The van der Waals surface area contributed by atoms with Gasteiger partial charge in [-0.25, -0.2) is 4.98 Å². The van der Waals surface area contributed by atoms with Gasteiger partial charge in [0.2, 0.25) is 5.78 Å². The number of rotatable bonds is 0. The summed E-state index contributed by atoms with van der Waals surface area (Å²) in [4.78, 5) is 4.74. The summed E-state index contributed by atoms with van der Waals surface area (Å²) in [5.74, 6) is 0.994. The molecule has 0 unspecified atom stereocenters. The molecule has 2 heterocycles. The van der Waals surface area contributed by atoms with E-state index in [9.17, 15) is 0 Å². The van der Waals surface area contributed by atoms with Gasteiger partial charge in [0, 0.05) is 14.2 Å². The second-order valence-electron chi connectivity index (χ2n) is 4.57. The first-order valence-corrected chi connectivity index (χ1v) is 8.02. The van der Waals surface area contributed by atoms with Crippen molar-refractivity contribution < 1.29 is 0 Å². The molecular weight excluding hydrogens is 464 g/mol. The normalized spacial score (nSPS) is 11.9. The summed E-state index contributed by atoms with van der Waals surface area (Å²) >= 11 is 4.70. The third-order valence-electron chi connectivity index (χ3n) is 3.44. The maximum atomic E-state index is 4.74. The lowest BCUT2D eigenvalue weighted by molar-refractivity contribution is 0.973. The maximum Gasteiger partial charge on any atom is 0.215 e. The summed E-state index contributed by atoms with van der Waals surface area (Å²) in [5.41, 5.74) is 4.65. The van der Waals surface area contributed by atoms with Gasteiger partial charge in [-0.05, 0) is 81.6 Å². The highest BCUT2D eigenvalue weighted by Gasteiger charge is 2.13. The topological polar surface area (TPSA) is 22.2 Å². The van der Waals surface area contributed by atoms with Crippen LogP contribution in [-0.2, 0) is 7.05 Å². The Morgan fingerprint density at radius 3 is 2.37 bits per heavy atom. The molecule has 0 fully saturated rings. The lowest BCUT2D eigenvalue weighted by Gasteiger charge is -1.97. The first-order chi connectivity index (χ1) is 9.15. The van der Waals surface area contributed by atoms with Gasteiger partial charge < -0.3 is 4.57 Å². The zero-order valence-electron chi connectivity index (χ0n) is 10.1. The second kappa shape index (κ2) is 4.08. The summed E-state index contributed by atoms with van der Waals surface area (Å²) in [5, 5.41) is 0. The van der Waals surface area contributed by atoms with E-state index in [0.29, 0.717) is 0 Å². The molecule has 0 aliphatic rings. The fraction of sp³-hybridized carbons (Fsp3) is 0.0714. The van der Waals surface area contributed by atoms with E-state index >= 15 is 0 Å². The highest BCUT2D eigenvalue weighted by atomic mass is 127. The van der Waals surface area contributed by atoms with Crippen molar-refractivity contribution in [1.29, 1.82) is 0 Å². The van der Waals surface area contributed by atoms with Crippen LogP contribution in [0.15, 0.2) is 36.4 Å². The number of aryl methyl sites for hydroxylation is 1. The molecule has 0 aliphatic carbocycles. The molecular formula is C14H9I2N3.